The highest BCUT2D eigenvalue weighted by Crippen LogP contribution is 2.31. The van der Waals surface area contributed by atoms with Crippen LogP contribution in [-0.2, 0) is 22.4 Å². The first-order valence-electron chi connectivity index (χ1n) is 9.31. The number of benzene rings is 1. The van der Waals surface area contributed by atoms with Crippen LogP contribution >= 0.6 is 11.8 Å². The van der Waals surface area contributed by atoms with Crippen LogP contribution in [0.3, 0.4) is 0 Å². The Balaban J connectivity index is 1.40. The molecule has 5 nitrogen and oxygen atoms in total. The average Bonchev–Trinajstić information content (AvgIpc) is 3.38. The van der Waals surface area contributed by atoms with Crippen LogP contribution in [0.1, 0.15) is 30.4 Å². The van der Waals surface area contributed by atoms with Gasteiger partial charge in [0, 0.05) is 18.7 Å². The number of likely N-dealkylation sites (tertiary alicyclic amines) is 1. The number of nitriles is 1. The maximum atomic E-state index is 12.9. The van der Waals surface area contributed by atoms with E-state index < -0.39 is 0 Å². The summed E-state index contributed by atoms with van der Waals surface area (Å²) in [6, 6.07) is 9.89. The molecule has 0 aromatic heterocycles. The summed E-state index contributed by atoms with van der Waals surface area (Å²) in [6.07, 6.45) is 4.00. The summed E-state index contributed by atoms with van der Waals surface area (Å²) in [6.45, 7) is 0.660. The molecule has 4 rings (SSSR count). The van der Waals surface area contributed by atoms with Gasteiger partial charge in [-0.2, -0.15) is 5.26 Å². The average molecular weight is 369 g/mol. The summed E-state index contributed by atoms with van der Waals surface area (Å²) in [4.78, 5) is 29.3. The fourth-order valence-corrected chi connectivity index (χ4v) is 5.53. The molecule has 2 saturated heterocycles. The lowest BCUT2D eigenvalue weighted by molar-refractivity contribution is -0.144. The monoisotopic (exact) mass is 369 g/mol. The molecule has 1 aromatic rings. The number of rotatable bonds is 3. The summed E-state index contributed by atoms with van der Waals surface area (Å²) in [5.41, 5.74) is 2.70. The zero-order chi connectivity index (χ0) is 18.1. The lowest BCUT2D eigenvalue weighted by Gasteiger charge is -2.29. The summed E-state index contributed by atoms with van der Waals surface area (Å²) in [5, 5.41) is 9.24. The second-order valence-electron chi connectivity index (χ2n) is 7.45. The third-order valence-electron chi connectivity index (χ3n) is 5.77. The minimum absolute atomic E-state index is 0.0397. The molecule has 0 radical (unpaired) electrons. The van der Waals surface area contributed by atoms with E-state index in [0.29, 0.717) is 30.5 Å². The second kappa shape index (κ2) is 7.32. The Morgan fingerprint density at radius 3 is 2.62 bits per heavy atom. The van der Waals surface area contributed by atoms with Crippen molar-refractivity contribution in [3.8, 4) is 6.07 Å². The minimum Gasteiger partial charge on any atom is -0.331 e. The van der Waals surface area contributed by atoms with Crippen LogP contribution in [0.4, 0.5) is 0 Å². The molecule has 1 aromatic carbocycles. The van der Waals surface area contributed by atoms with Crippen molar-refractivity contribution >= 4 is 23.6 Å². The quantitative estimate of drug-likeness (QED) is 0.819. The van der Waals surface area contributed by atoms with Crippen LogP contribution in [0.15, 0.2) is 24.3 Å². The first-order valence-corrected chi connectivity index (χ1v) is 10.5. The number of hydrogen-bond donors (Lipinski definition) is 0. The van der Waals surface area contributed by atoms with Crippen molar-refractivity contribution in [3.05, 3.63) is 35.4 Å². The van der Waals surface area contributed by atoms with Gasteiger partial charge in [0.15, 0.2) is 0 Å². The first kappa shape index (κ1) is 17.4. The molecule has 0 spiro atoms. The zero-order valence-corrected chi connectivity index (χ0v) is 15.6. The van der Waals surface area contributed by atoms with E-state index >= 15 is 0 Å². The molecule has 2 amide bonds. The summed E-state index contributed by atoms with van der Waals surface area (Å²) in [7, 11) is 0. The number of nitrogens with zero attached hydrogens (tertiary/aromatic N) is 3. The van der Waals surface area contributed by atoms with Gasteiger partial charge < -0.3 is 9.80 Å². The molecular weight excluding hydrogens is 346 g/mol. The molecule has 2 fully saturated rings. The van der Waals surface area contributed by atoms with E-state index in [0.717, 1.165) is 25.7 Å². The standard InChI is InChI=1S/C20H23N3O2S/c21-11-17-12-26-13-23(17)20(25)18-6-3-7-22(18)19(24)10-14-8-15-4-1-2-5-16(15)9-14/h1-2,4-5,14,17-18H,3,6-10,12-13H2/t17-,18+/m1/s1. The molecule has 0 bridgehead atoms. The van der Waals surface area contributed by atoms with Crippen LogP contribution in [0.2, 0.25) is 0 Å². The van der Waals surface area contributed by atoms with Crippen molar-refractivity contribution < 1.29 is 9.59 Å². The fourth-order valence-electron chi connectivity index (χ4n) is 4.44. The Bertz CT molecular complexity index is 735. The second-order valence-corrected chi connectivity index (χ2v) is 8.44. The SMILES string of the molecule is N#C[C@@H]1CSCN1C(=O)[C@@H]1CCCN1C(=O)CC1Cc2ccccc2C1. The number of carbonyl (C=O) groups is 2. The van der Waals surface area contributed by atoms with Crippen LogP contribution in [0, 0.1) is 17.2 Å². The van der Waals surface area contributed by atoms with E-state index in [1.807, 2.05) is 0 Å². The molecule has 26 heavy (non-hydrogen) atoms. The fraction of sp³-hybridized carbons (Fsp3) is 0.550. The van der Waals surface area contributed by atoms with Gasteiger partial charge in [-0.3, -0.25) is 9.59 Å². The van der Waals surface area contributed by atoms with Gasteiger partial charge in [-0.05, 0) is 42.7 Å². The Labute approximate surface area is 158 Å². The van der Waals surface area contributed by atoms with E-state index in [1.165, 1.54) is 11.1 Å². The Morgan fingerprint density at radius 1 is 1.19 bits per heavy atom. The third-order valence-corrected chi connectivity index (χ3v) is 6.78. The largest absolute Gasteiger partial charge is 0.331 e. The maximum absolute atomic E-state index is 12.9. The number of hydrogen-bond acceptors (Lipinski definition) is 4. The highest BCUT2D eigenvalue weighted by Gasteiger charge is 2.40. The van der Waals surface area contributed by atoms with Gasteiger partial charge in [-0.1, -0.05) is 24.3 Å². The lowest BCUT2D eigenvalue weighted by atomic mass is 10.0. The van der Waals surface area contributed by atoms with Gasteiger partial charge in [0.05, 0.1) is 11.9 Å². The normalized spacial score (nSPS) is 25.3. The van der Waals surface area contributed by atoms with Crippen molar-refractivity contribution in [3.63, 3.8) is 0 Å². The van der Waals surface area contributed by atoms with Crippen molar-refractivity contribution in [1.82, 2.24) is 9.80 Å². The molecule has 2 aliphatic heterocycles. The summed E-state index contributed by atoms with van der Waals surface area (Å²) < 4.78 is 0. The van der Waals surface area contributed by atoms with Crippen molar-refractivity contribution in [1.29, 1.82) is 5.26 Å². The summed E-state index contributed by atoms with van der Waals surface area (Å²) >= 11 is 1.61. The predicted molar refractivity (Wildman–Crippen MR) is 100 cm³/mol. The lowest BCUT2D eigenvalue weighted by Crippen LogP contribution is -2.49. The van der Waals surface area contributed by atoms with Crippen LogP contribution in [-0.4, -0.2) is 51.9 Å². The van der Waals surface area contributed by atoms with Gasteiger partial charge in [-0.15, -0.1) is 11.8 Å². The van der Waals surface area contributed by atoms with Gasteiger partial charge in [0.25, 0.3) is 0 Å². The number of carbonyl (C=O) groups excluding carboxylic acids is 2. The Morgan fingerprint density at radius 2 is 1.92 bits per heavy atom. The number of thioether (sulfide) groups is 1. The topological polar surface area (TPSA) is 64.4 Å². The molecule has 0 N–H and O–H groups in total. The molecule has 136 valence electrons. The van der Waals surface area contributed by atoms with Crippen LogP contribution in [0.5, 0.6) is 0 Å². The molecule has 0 unspecified atom stereocenters. The molecule has 1 aliphatic carbocycles. The van der Waals surface area contributed by atoms with Crippen molar-refractivity contribution in [2.75, 3.05) is 18.2 Å². The van der Waals surface area contributed by atoms with E-state index in [1.54, 1.807) is 21.6 Å². The van der Waals surface area contributed by atoms with Gasteiger partial charge in [-0.25, -0.2) is 0 Å². The third kappa shape index (κ3) is 3.21. The number of fused-ring (bicyclic) bond motifs is 1. The molecule has 0 saturated carbocycles. The van der Waals surface area contributed by atoms with Crippen LogP contribution in [0.25, 0.3) is 0 Å². The van der Waals surface area contributed by atoms with Crippen LogP contribution < -0.4 is 0 Å². The molecule has 2 heterocycles. The minimum atomic E-state index is -0.374. The highest BCUT2D eigenvalue weighted by molar-refractivity contribution is 7.99. The smallest absolute Gasteiger partial charge is 0.247 e. The molecule has 6 heteroatoms. The molecule has 2 atom stereocenters. The Kier molecular flexibility index (Phi) is 4.90. The predicted octanol–water partition coefficient (Wildman–Crippen LogP) is 2.21. The van der Waals surface area contributed by atoms with E-state index in [-0.39, 0.29) is 23.9 Å². The number of amides is 2. The maximum Gasteiger partial charge on any atom is 0.247 e. The Hall–Kier alpha value is -2.00. The van der Waals surface area contributed by atoms with E-state index in [4.69, 9.17) is 0 Å². The van der Waals surface area contributed by atoms with E-state index in [2.05, 4.69) is 30.3 Å². The van der Waals surface area contributed by atoms with Gasteiger partial charge >= 0.3 is 0 Å². The highest BCUT2D eigenvalue weighted by atomic mass is 32.2. The van der Waals surface area contributed by atoms with Gasteiger partial charge in [0.1, 0.15) is 12.1 Å². The van der Waals surface area contributed by atoms with Crippen molar-refractivity contribution in [2.24, 2.45) is 5.92 Å². The van der Waals surface area contributed by atoms with E-state index in [9.17, 15) is 14.9 Å². The molecule has 3 aliphatic rings. The first-order chi connectivity index (χ1) is 12.7. The zero-order valence-electron chi connectivity index (χ0n) is 14.8. The van der Waals surface area contributed by atoms with Crippen molar-refractivity contribution in [2.45, 2.75) is 44.2 Å². The summed E-state index contributed by atoms with van der Waals surface area (Å²) in [5.74, 6) is 1.63. The molecular formula is C20H23N3O2S. The van der Waals surface area contributed by atoms with Gasteiger partial charge in [0.2, 0.25) is 11.8 Å².